The van der Waals surface area contributed by atoms with Crippen molar-refractivity contribution in [2.45, 2.75) is 13.1 Å². The summed E-state index contributed by atoms with van der Waals surface area (Å²) in [5, 5.41) is 12.4. The maximum Gasteiger partial charge on any atom is 0.262 e. The Bertz CT molecular complexity index is 1040. The van der Waals surface area contributed by atoms with E-state index in [9.17, 15) is 4.79 Å². The second-order valence-electron chi connectivity index (χ2n) is 6.27. The van der Waals surface area contributed by atoms with Gasteiger partial charge in [0, 0.05) is 17.6 Å². The number of nitrogens with zero attached hydrogens (tertiary/aromatic N) is 3. The molecule has 1 atom stereocenters. The average molecular weight is 370 g/mol. The number of nitriles is 1. The summed E-state index contributed by atoms with van der Waals surface area (Å²) in [6, 6.07) is 20.2. The second kappa shape index (κ2) is 7.41. The highest BCUT2D eigenvalue weighted by Crippen LogP contribution is 2.37. The molecule has 0 radical (unpaired) electrons. The van der Waals surface area contributed by atoms with Gasteiger partial charge in [-0.15, -0.1) is 0 Å². The number of nitrogens with one attached hydrogen (secondary N) is 1. The number of hydrogen-bond donors (Lipinski definition) is 1. The van der Waals surface area contributed by atoms with Crippen molar-refractivity contribution >= 4 is 17.3 Å². The van der Waals surface area contributed by atoms with E-state index in [0.717, 1.165) is 17.1 Å². The van der Waals surface area contributed by atoms with Crippen molar-refractivity contribution in [1.29, 1.82) is 5.26 Å². The lowest BCUT2D eigenvalue weighted by atomic mass is 10.2. The maximum atomic E-state index is 13.1. The number of anilines is 2. The van der Waals surface area contributed by atoms with Crippen LogP contribution < -0.4 is 15.0 Å². The van der Waals surface area contributed by atoms with Gasteiger partial charge >= 0.3 is 0 Å². The molecule has 0 fully saturated rings. The molecule has 1 N–H and O–H groups in total. The highest BCUT2D eigenvalue weighted by atomic mass is 16.5. The molecule has 2 heterocycles. The van der Waals surface area contributed by atoms with Crippen molar-refractivity contribution in [2.75, 3.05) is 16.8 Å². The first-order valence-electron chi connectivity index (χ1n) is 8.99. The summed E-state index contributed by atoms with van der Waals surface area (Å²) in [5.74, 6) is 0.642. The number of benzene rings is 2. The standard InChI is InChI=1S/C22H18N4O2/c1-2-28-18-11-9-17(10-12-18)26-21(20-19(22(26)27)4-3-13-24-20)25-16-7-5-15(14-23)6-8-16/h3-13,21,25H,2H2,1H3/t21-/m0/s1. The van der Waals surface area contributed by atoms with Crippen LogP contribution in [-0.4, -0.2) is 17.5 Å². The zero-order valence-corrected chi connectivity index (χ0v) is 15.3. The molecule has 1 amide bonds. The number of amides is 1. The quantitative estimate of drug-likeness (QED) is 0.731. The fourth-order valence-electron chi connectivity index (χ4n) is 3.25. The van der Waals surface area contributed by atoms with E-state index >= 15 is 0 Å². The third-order valence-corrected chi connectivity index (χ3v) is 4.55. The summed E-state index contributed by atoms with van der Waals surface area (Å²) in [7, 11) is 0. The van der Waals surface area contributed by atoms with Crippen LogP contribution >= 0.6 is 0 Å². The smallest absolute Gasteiger partial charge is 0.262 e. The molecule has 1 aliphatic heterocycles. The van der Waals surface area contributed by atoms with Gasteiger partial charge in [-0.05, 0) is 67.6 Å². The van der Waals surface area contributed by atoms with Gasteiger partial charge in [-0.1, -0.05) is 0 Å². The number of fused-ring (bicyclic) bond motifs is 1. The van der Waals surface area contributed by atoms with Gasteiger partial charge in [0.1, 0.15) is 5.75 Å². The van der Waals surface area contributed by atoms with Crippen molar-refractivity contribution in [3.63, 3.8) is 0 Å². The van der Waals surface area contributed by atoms with Crippen LogP contribution in [0.2, 0.25) is 0 Å². The topological polar surface area (TPSA) is 78.2 Å². The van der Waals surface area contributed by atoms with Crippen LogP contribution in [0.5, 0.6) is 5.75 Å². The molecule has 0 unspecified atom stereocenters. The van der Waals surface area contributed by atoms with Crippen LogP contribution in [0.25, 0.3) is 0 Å². The number of aromatic nitrogens is 1. The number of carbonyl (C=O) groups is 1. The van der Waals surface area contributed by atoms with E-state index in [-0.39, 0.29) is 5.91 Å². The molecule has 0 bridgehead atoms. The minimum absolute atomic E-state index is 0.113. The van der Waals surface area contributed by atoms with Gasteiger partial charge in [0.2, 0.25) is 0 Å². The Labute approximate surface area is 163 Å². The fourth-order valence-corrected chi connectivity index (χ4v) is 3.25. The lowest BCUT2D eigenvalue weighted by molar-refractivity contribution is 0.0993. The summed E-state index contributed by atoms with van der Waals surface area (Å²) in [4.78, 5) is 19.2. The van der Waals surface area contributed by atoms with Gasteiger partial charge in [-0.3, -0.25) is 14.7 Å². The molecule has 0 spiro atoms. The molecule has 1 aliphatic rings. The first kappa shape index (κ1) is 17.6. The third-order valence-electron chi connectivity index (χ3n) is 4.55. The lowest BCUT2D eigenvalue weighted by Crippen LogP contribution is -2.32. The summed E-state index contributed by atoms with van der Waals surface area (Å²) >= 11 is 0. The van der Waals surface area contributed by atoms with Crippen LogP contribution in [-0.2, 0) is 0 Å². The molecule has 6 heteroatoms. The molecular weight excluding hydrogens is 352 g/mol. The number of rotatable bonds is 5. The SMILES string of the molecule is CCOc1ccc(N2C(=O)c3cccnc3[C@H]2Nc2ccc(C#N)cc2)cc1. The molecule has 0 aliphatic carbocycles. The number of ether oxygens (including phenoxy) is 1. The van der Waals surface area contributed by atoms with Crippen LogP contribution in [0.1, 0.15) is 34.7 Å². The van der Waals surface area contributed by atoms with Crippen molar-refractivity contribution in [3.8, 4) is 11.8 Å². The first-order valence-corrected chi connectivity index (χ1v) is 8.99. The molecule has 0 saturated carbocycles. The maximum absolute atomic E-state index is 13.1. The molecule has 138 valence electrons. The van der Waals surface area contributed by atoms with Crippen LogP contribution in [0, 0.1) is 11.3 Å². The Kier molecular flexibility index (Phi) is 4.65. The molecule has 2 aromatic carbocycles. The summed E-state index contributed by atoms with van der Waals surface area (Å²) in [5.41, 5.74) is 3.37. The van der Waals surface area contributed by atoms with Crippen molar-refractivity contribution in [3.05, 3.63) is 83.7 Å². The summed E-state index contributed by atoms with van der Waals surface area (Å²) in [6.07, 6.45) is 1.23. The average Bonchev–Trinajstić information content (AvgIpc) is 3.01. The Morgan fingerprint density at radius 3 is 2.57 bits per heavy atom. The van der Waals surface area contributed by atoms with Crippen LogP contribution in [0.4, 0.5) is 11.4 Å². The highest BCUT2D eigenvalue weighted by Gasteiger charge is 2.38. The van der Waals surface area contributed by atoms with Gasteiger partial charge in [0.15, 0.2) is 6.17 Å². The zero-order valence-electron chi connectivity index (χ0n) is 15.3. The molecular formula is C22H18N4O2. The van der Waals surface area contributed by atoms with E-state index in [4.69, 9.17) is 10.00 Å². The normalized spacial score (nSPS) is 15.1. The monoisotopic (exact) mass is 370 g/mol. The number of carbonyl (C=O) groups excluding carboxylic acids is 1. The molecule has 6 nitrogen and oxygen atoms in total. The van der Waals surface area contributed by atoms with E-state index in [1.807, 2.05) is 43.3 Å². The third kappa shape index (κ3) is 3.14. The second-order valence-corrected chi connectivity index (χ2v) is 6.27. The predicted octanol–water partition coefficient (Wildman–Crippen LogP) is 4.12. The Morgan fingerprint density at radius 1 is 1.14 bits per heavy atom. The van der Waals surface area contributed by atoms with Gasteiger partial charge in [0.25, 0.3) is 5.91 Å². The first-order chi connectivity index (χ1) is 13.7. The van der Waals surface area contributed by atoms with Crippen LogP contribution in [0.3, 0.4) is 0 Å². The van der Waals surface area contributed by atoms with Crippen molar-refractivity contribution in [2.24, 2.45) is 0 Å². The molecule has 28 heavy (non-hydrogen) atoms. The van der Waals surface area contributed by atoms with Gasteiger partial charge in [-0.25, -0.2) is 0 Å². The largest absolute Gasteiger partial charge is 0.494 e. The Morgan fingerprint density at radius 2 is 1.89 bits per heavy atom. The van der Waals surface area contributed by atoms with E-state index in [2.05, 4.69) is 16.4 Å². The van der Waals surface area contributed by atoms with E-state index in [1.54, 1.807) is 35.4 Å². The predicted molar refractivity (Wildman–Crippen MR) is 106 cm³/mol. The zero-order chi connectivity index (χ0) is 19.5. The van der Waals surface area contributed by atoms with Crippen molar-refractivity contribution in [1.82, 2.24) is 4.98 Å². The molecule has 1 aromatic heterocycles. The summed E-state index contributed by atoms with van der Waals surface area (Å²) in [6.45, 7) is 2.51. The fraction of sp³-hybridized carbons (Fsp3) is 0.136. The van der Waals surface area contributed by atoms with Gasteiger partial charge in [0.05, 0.1) is 29.5 Å². The highest BCUT2D eigenvalue weighted by molar-refractivity contribution is 6.11. The summed E-state index contributed by atoms with van der Waals surface area (Å²) < 4.78 is 5.50. The molecule has 0 saturated heterocycles. The van der Waals surface area contributed by atoms with Gasteiger partial charge in [-0.2, -0.15) is 5.26 Å². The minimum atomic E-state index is -0.449. The van der Waals surface area contributed by atoms with E-state index in [0.29, 0.717) is 23.4 Å². The number of hydrogen-bond acceptors (Lipinski definition) is 5. The minimum Gasteiger partial charge on any atom is -0.494 e. The van der Waals surface area contributed by atoms with Crippen LogP contribution in [0.15, 0.2) is 66.9 Å². The lowest BCUT2D eigenvalue weighted by Gasteiger charge is -2.26. The Balaban J connectivity index is 1.70. The van der Waals surface area contributed by atoms with Crippen molar-refractivity contribution < 1.29 is 9.53 Å². The van der Waals surface area contributed by atoms with E-state index in [1.165, 1.54) is 0 Å². The molecule has 4 rings (SSSR count). The Hall–Kier alpha value is -3.85. The van der Waals surface area contributed by atoms with E-state index < -0.39 is 6.17 Å². The van der Waals surface area contributed by atoms with Gasteiger partial charge < -0.3 is 10.1 Å². The molecule has 3 aromatic rings. The number of pyridine rings is 1.